The Kier molecular flexibility index (Phi) is 7.64. The van der Waals surface area contributed by atoms with Crippen molar-refractivity contribution < 1.29 is 9.59 Å². The molecule has 2 amide bonds. The monoisotopic (exact) mass is 304 g/mol. The summed E-state index contributed by atoms with van der Waals surface area (Å²) >= 11 is 0. The zero-order valence-corrected chi connectivity index (χ0v) is 14.2. The van der Waals surface area contributed by atoms with Crippen LogP contribution in [0.3, 0.4) is 0 Å². The Morgan fingerprint density at radius 3 is 2.41 bits per heavy atom. The van der Waals surface area contributed by atoms with E-state index >= 15 is 0 Å². The van der Waals surface area contributed by atoms with Crippen LogP contribution in [0.25, 0.3) is 0 Å². The summed E-state index contributed by atoms with van der Waals surface area (Å²) in [6.07, 6.45) is 1.91. The van der Waals surface area contributed by atoms with Crippen molar-refractivity contribution in [2.45, 2.75) is 59.5 Å². The lowest BCUT2D eigenvalue weighted by molar-refractivity contribution is -0.141. The van der Waals surface area contributed by atoms with Crippen LogP contribution in [0.4, 0.5) is 0 Å². The van der Waals surface area contributed by atoms with Crippen LogP contribution in [-0.2, 0) is 16.1 Å². The van der Waals surface area contributed by atoms with Gasteiger partial charge in [0, 0.05) is 19.5 Å². The SMILES string of the molecule is CCCNC(=O)[C@H](CC)N(Cc1ccccc1C)C(=O)CC. The van der Waals surface area contributed by atoms with Gasteiger partial charge in [-0.1, -0.05) is 45.0 Å². The molecule has 0 aromatic heterocycles. The van der Waals surface area contributed by atoms with Crippen molar-refractivity contribution in [2.24, 2.45) is 0 Å². The van der Waals surface area contributed by atoms with Gasteiger partial charge in [-0.3, -0.25) is 9.59 Å². The Morgan fingerprint density at radius 2 is 1.86 bits per heavy atom. The number of aryl methyl sites for hydroxylation is 1. The Morgan fingerprint density at radius 1 is 1.18 bits per heavy atom. The van der Waals surface area contributed by atoms with Gasteiger partial charge >= 0.3 is 0 Å². The second-order valence-corrected chi connectivity index (χ2v) is 5.52. The van der Waals surface area contributed by atoms with E-state index in [1.54, 1.807) is 4.90 Å². The summed E-state index contributed by atoms with van der Waals surface area (Å²) in [5.74, 6) is -0.0403. The molecular weight excluding hydrogens is 276 g/mol. The van der Waals surface area contributed by atoms with Crippen LogP contribution in [0.15, 0.2) is 24.3 Å². The van der Waals surface area contributed by atoms with Crippen LogP contribution in [0, 0.1) is 6.92 Å². The molecule has 0 saturated heterocycles. The van der Waals surface area contributed by atoms with Crippen molar-refractivity contribution >= 4 is 11.8 Å². The van der Waals surface area contributed by atoms with Gasteiger partial charge in [0.2, 0.25) is 11.8 Å². The third-order valence-corrected chi connectivity index (χ3v) is 3.84. The van der Waals surface area contributed by atoms with E-state index in [1.807, 2.05) is 52.0 Å². The maximum atomic E-state index is 12.4. The van der Waals surface area contributed by atoms with E-state index in [-0.39, 0.29) is 11.8 Å². The molecule has 0 aliphatic rings. The molecule has 0 unspecified atom stereocenters. The largest absolute Gasteiger partial charge is 0.354 e. The summed E-state index contributed by atoms with van der Waals surface area (Å²) in [4.78, 5) is 26.4. The first-order valence-corrected chi connectivity index (χ1v) is 8.16. The second kappa shape index (κ2) is 9.23. The van der Waals surface area contributed by atoms with Crippen molar-refractivity contribution in [1.82, 2.24) is 10.2 Å². The van der Waals surface area contributed by atoms with Gasteiger partial charge in [0.25, 0.3) is 0 Å². The Labute approximate surface area is 133 Å². The van der Waals surface area contributed by atoms with Gasteiger partial charge in [0.1, 0.15) is 6.04 Å². The predicted octanol–water partition coefficient (Wildman–Crippen LogP) is 3.04. The smallest absolute Gasteiger partial charge is 0.242 e. The fourth-order valence-corrected chi connectivity index (χ4v) is 2.46. The van der Waals surface area contributed by atoms with Gasteiger partial charge in [-0.15, -0.1) is 0 Å². The van der Waals surface area contributed by atoms with E-state index in [2.05, 4.69) is 5.32 Å². The van der Waals surface area contributed by atoms with Gasteiger partial charge in [0.15, 0.2) is 0 Å². The normalized spacial score (nSPS) is 11.8. The van der Waals surface area contributed by atoms with Crippen LogP contribution >= 0.6 is 0 Å². The molecular formula is C18H28N2O2. The average Bonchev–Trinajstić information content (AvgIpc) is 2.53. The number of amides is 2. The van der Waals surface area contributed by atoms with Crippen LogP contribution in [0.1, 0.15) is 51.2 Å². The molecule has 1 aromatic carbocycles. The number of hydrogen-bond donors (Lipinski definition) is 1. The minimum atomic E-state index is -0.404. The number of hydrogen-bond acceptors (Lipinski definition) is 2. The number of nitrogens with zero attached hydrogens (tertiary/aromatic N) is 1. The highest BCUT2D eigenvalue weighted by molar-refractivity contribution is 5.87. The Hall–Kier alpha value is -1.84. The van der Waals surface area contributed by atoms with E-state index in [4.69, 9.17) is 0 Å². The second-order valence-electron chi connectivity index (χ2n) is 5.52. The molecule has 0 aliphatic heterocycles. The zero-order valence-electron chi connectivity index (χ0n) is 14.2. The van der Waals surface area contributed by atoms with Crippen LogP contribution in [-0.4, -0.2) is 29.3 Å². The number of benzene rings is 1. The van der Waals surface area contributed by atoms with Crippen molar-refractivity contribution in [2.75, 3.05) is 6.54 Å². The predicted molar refractivity (Wildman–Crippen MR) is 89.4 cm³/mol. The van der Waals surface area contributed by atoms with Crippen molar-refractivity contribution in [3.63, 3.8) is 0 Å². The minimum Gasteiger partial charge on any atom is -0.354 e. The van der Waals surface area contributed by atoms with Crippen LogP contribution in [0.2, 0.25) is 0 Å². The topological polar surface area (TPSA) is 49.4 Å². The first-order chi connectivity index (χ1) is 10.5. The summed E-state index contributed by atoms with van der Waals surface area (Å²) in [6.45, 7) is 8.96. The molecule has 0 bridgehead atoms. The molecule has 22 heavy (non-hydrogen) atoms. The molecule has 0 spiro atoms. The standard InChI is InChI=1S/C18H28N2O2/c1-5-12-19-18(22)16(6-2)20(17(21)7-3)13-15-11-9-8-10-14(15)4/h8-11,16H,5-7,12-13H2,1-4H3,(H,19,22)/t16-/m0/s1. The summed E-state index contributed by atoms with van der Waals surface area (Å²) < 4.78 is 0. The lowest BCUT2D eigenvalue weighted by Crippen LogP contribution is -2.49. The lowest BCUT2D eigenvalue weighted by Gasteiger charge is -2.30. The van der Waals surface area contributed by atoms with Gasteiger partial charge in [-0.2, -0.15) is 0 Å². The quantitative estimate of drug-likeness (QED) is 0.802. The summed E-state index contributed by atoms with van der Waals surface area (Å²) in [7, 11) is 0. The van der Waals surface area contributed by atoms with Gasteiger partial charge < -0.3 is 10.2 Å². The molecule has 0 radical (unpaired) electrons. The molecule has 4 nitrogen and oxygen atoms in total. The lowest BCUT2D eigenvalue weighted by atomic mass is 10.1. The van der Waals surface area contributed by atoms with Gasteiger partial charge in [-0.05, 0) is 30.9 Å². The summed E-state index contributed by atoms with van der Waals surface area (Å²) in [6, 6.07) is 7.59. The molecule has 4 heteroatoms. The Bertz CT molecular complexity index is 500. The number of nitrogens with one attached hydrogen (secondary N) is 1. The highest BCUT2D eigenvalue weighted by atomic mass is 16.2. The fraction of sp³-hybridized carbons (Fsp3) is 0.556. The first kappa shape index (κ1) is 18.2. The molecule has 1 aromatic rings. The van der Waals surface area contributed by atoms with Crippen molar-refractivity contribution in [1.29, 1.82) is 0 Å². The van der Waals surface area contributed by atoms with Crippen molar-refractivity contribution in [3.8, 4) is 0 Å². The number of carbonyl (C=O) groups is 2. The van der Waals surface area contributed by atoms with E-state index in [9.17, 15) is 9.59 Å². The third kappa shape index (κ3) is 4.86. The molecule has 0 aliphatic carbocycles. The molecule has 1 rings (SSSR count). The Balaban J connectivity index is 2.98. The van der Waals surface area contributed by atoms with Crippen LogP contribution < -0.4 is 5.32 Å². The highest BCUT2D eigenvalue weighted by Gasteiger charge is 2.27. The molecule has 1 atom stereocenters. The molecule has 0 heterocycles. The highest BCUT2D eigenvalue weighted by Crippen LogP contribution is 2.16. The van der Waals surface area contributed by atoms with Gasteiger partial charge in [0.05, 0.1) is 0 Å². The number of rotatable bonds is 8. The fourth-order valence-electron chi connectivity index (χ4n) is 2.46. The molecule has 0 fully saturated rings. The molecule has 1 N–H and O–H groups in total. The van der Waals surface area contributed by atoms with Crippen molar-refractivity contribution in [3.05, 3.63) is 35.4 Å². The maximum Gasteiger partial charge on any atom is 0.242 e. The van der Waals surface area contributed by atoms with Gasteiger partial charge in [-0.25, -0.2) is 0 Å². The van der Waals surface area contributed by atoms with E-state index in [0.717, 1.165) is 17.5 Å². The maximum absolute atomic E-state index is 12.4. The summed E-state index contributed by atoms with van der Waals surface area (Å²) in [5.41, 5.74) is 2.23. The summed E-state index contributed by atoms with van der Waals surface area (Å²) in [5, 5.41) is 2.91. The van der Waals surface area contributed by atoms with E-state index in [0.29, 0.717) is 25.9 Å². The number of carbonyl (C=O) groups excluding carboxylic acids is 2. The molecule has 0 saturated carbocycles. The minimum absolute atomic E-state index is 0.0155. The van der Waals surface area contributed by atoms with Crippen LogP contribution in [0.5, 0.6) is 0 Å². The third-order valence-electron chi connectivity index (χ3n) is 3.84. The zero-order chi connectivity index (χ0) is 16.5. The molecule has 122 valence electrons. The van der Waals surface area contributed by atoms with E-state index < -0.39 is 6.04 Å². The average molecular weight is 304 g/mol. The van der Waals surface area contributed by atoms with E-state index in [1.165, 1.54) is 0 Å². The first-order valence-electron chi connectivity index (χ1n) is 8.16.